The lowest BCUT2D eigenvalue weighted by Crippen LogP contribution is -2.26. The summed E-state index contributed by atoms with van der Waals surface area (Å²) in [5.41, 5.74) is 1.06. The zero-order chi connectivity index (χ0) is 11.5. The monoisotopic (exact) mass is 220 g/mol. The molecule has 1 saturated carbocycles. The number of aliphatic carboxylic acids is 1. The molecule has 0 bridgehead atoms. The summed E-state index contributed by atoms with van der Waals surface area (Å²) in [5.74, 6) is -0.830. The highest BCUT2D eigenvalue weighted by Crippen LogP contribution is 2.34. The van der Waals surface area contributed by atoms with E-state index in [2.05, 4.69) is 9.88 Å². The van der Waals surface area contributed by atoms with E-state index in [1.54, 1.807) is 6.20 Å². The number of likely N-dealkylation sites (N-methyl/N-ethyl adjacent to an activating group) is 1. The van der Waals surface area contributed by atoms with Crippen LogP contribution in [0.3, 0.4) is 0 Å². The van der Waals surface area contributed by atoms with Gasteiger partial charge in [-0.2, -0.15) is 0 Å². The van der Waals surface area contributed by atoms with Crippen LogP contribution in [0.2, 0.25) is 0 Å². The number of nitrogens with zero attached hydrogens (tertiary/aromatic N) is 2. The van der Waals surface area contributed by atoms with Crippen LogP contribution in [-0.2, 0) is 11.2 Å². The summed E-state index contributed by atoms with van der Waals surface area (Å²) >= 11 is 0. The lowest BCUT2D eigenvalue weighted by molar-refractivity contribution is -0.138. The molecule has 4 heteroatoms. The summed E-state index contributed by atoms with van der Waals surface area (Å²) in [7, 11) is 1.98. The van der Waals surface area contributed by atoms with Crippen molar-refractivity contribution < 1.29 is 9.90 Å². The molecule has 0 amide bonds. The highest BCUT2D eigenvalue weighted by molar-refractivity contribution is 5.74. The van der Waals surface area contributed by atoms with Gasteiger partial charge in [-0.15, -0.1) is 0 Å². The van der Waals surface area contributed by atoms with Gasteiger partial charge in [0.2, 0.25) is 0 Å². The minimum absolute atomic E-state index is 0.159. The van der Waals surface area contributed by atoms with Gasteiger partial charge in [0.15, 0.2) is 0 Å². The average Bonchev–Trinajstić information content (AvgIpc) is 3.07. The quantitative estimate of drug-likeness (QED) is 0.805. The molecule has 0 aliphatic heterocycles. The second-order valence-corrected chi connectivity index (χ2v) is 4.30. The Balaban J connectivity index is 1.77. The number of aromatic nitrogens is 1. The van der Waals surface area contributed by atoms with Crippen LogP contribution in [0.5, 0.6) is 0 Å². The van der Waals surface area contributed by atoms with Crippen LogP contribution in [0.4, 0.5) is 0 Å². The molecule has 4 nitrogen and oxygen atoms in total. The molecule has 1 N–H and O–H groups in total. The predicted molar refractivity (Wildman–Crippen MR) is 60.1 cm³/mol. The maximum Gasteiger partial charge on any atom is 0.308 e. The topological polar surface area (TPSA) is 53.4 Å². The molecule has 0 spiro atoms. The lowest BCUT2D eigenvalue weighted by Gasteiger charge is -2.15. The lowest BCUT2D eigenvalue weighted by atomic mass is 10.2. The van der Waals surface area contributed by atoms with Gasteiger partial charge < -0.3 is 10.0 Å². The highest BCUT2D eigenvalue weighted by atomic mass is 16.4. The Hall–Kier alpha value is -1.42. The minimum Gasteiger partial charge on any atom is -0.481 e. The fraction of sp³-hybridized carbons (Fsp3) is 0.500. The van der Waals surface area contributed by atoms with Gasteiger partial charge in [-0.25, -0.2) is 0 Å². The summed E-state index contributed by atoms with van der Waals surface area (Å²) in [5, 5.41) is 8.82. The third kappa shape index (κ3) is 2.58. The standard InChI is InChI=1S/C12H16N2O2/c1-14(11-8-10(11)12(15)16)7-5-9-4-2-3-6-13-9/h2-4,6,10-11H,5,7-8H2,1H3,(H,15,16). The van der Waals surface area contributed by atoms with Crippen LogP contribution in [-0.4, -0.2) is 40.6 Å². The Kier molecular flexibility index (Phi) is 3.19. The van der Waals surface area contributed by atoms with Crippen molar-refractivity contribution in [3.8, 4) is 0 Å². The van der Waals surface area contributed by atoms with Crippen molar-refractivity contribution in [3.63, 3.8) is 0 Å². The Morgan fingerprint density at radius 1 is 1.62 bits per heavy atom. The van der Waals surface area contributed by atoms with E-state index >= 15 is 0 Å². The van der Waals surface area contributed by atoms with Crippen molar-refractivity contribution in [2.75, 3.05) is 13.6 Å². The fourth-order valence-corrected chi connectivity index (χ4v) is 1.94. The number of hydrogen-bond acceptors (Lipinski definition) is 3. The van der Waals surface area contributed by atoms with E-state index in [-0.39, 0.29) is 12.0 Å². The Labute approximate surface area is 94.9 Å². The van der Waals surface area contributed by atoms with Gasteiger partial charge in [-0.1, -0.05) is 6.07 Å². The number of pyridine rings is 1. The van der Waals surface area contributed by atoms with Crippen LogP contribution in [0.15, 0.2) is 24.4 Å². The first-order valence-corrected chi connectivity index (χ1v) is 5.51. The van der Waals surface area contributed by atoms with Crippen LogP contribution in [0.25, 0.3) is 0 Å². The molecular formula is C12H16N2O2. The second-order valence-electron chi connectivity index (χ2n) is 4.30. The number of hydrogen-bond donors (Lipinski definition) is 1. The molecule has 1 aliphatic rings. The van der Waals surface area contributed by atoms with E-state index in [1.807, 2.05) is 25.2 Å². The van der Waals surface area contributed by atoms with Crippen molar-refractivity contribution in [2.24, 2.45) is 5.92 Å². The maximum atomic E-state index is 10.7. The maximum absolute atomic E-state index is 10.7. The molecule has 1 heterocycles. The molecule has 16 heavy (non-hydrogen) atoms. The van der Waals surface area contributed by atoms with E-state index in [0.717, 1.165) is 25.1 Å². The largest absolute Gasteiger partial charge is 0.481 e. The fourth-order valence-electron chi connectivity index (χ4n) is 1.94. The first-order chi connectivity index (χ1) is 7.68. The van der Waals surface area contributed by atoms with E-state index in [0.29, 0.717) is 0 Å². The van der Waals surface area contributed by atoms with Crippen LogP contribution >= 0.6 is 0 Å². The Morgan fingerprint density at radius 3 is 3.00 bits per heavy atom. The van der Waals surface area contributed by atoms with E-state index in [9.17, 15) is 4.79 Å². The first kappa shape index (κ1) is 11.1. The first-order valence-electron chi connectivity index (χ1n) is 5.51. The molecule has 2 unspecified atom stereocenters. The number of carbonyl (C=O) groups is 1. The number of rotatable bonds is 5. The van der Waals surface area contributed by atoms with Gasteiger partial charge in [0.25, 0.3) is 0 Å². The highest BCUT2D eigenvalue weighted by Gasteiger charge is 2.45. The third-order valence-corrected chi connectivity index (χ3v) is 3.09. The van der Waals surface area contributed by atoms with Gasteiger partial charge in [0.1, 0.15) is 0 Å². The Morgan fingerprint density at radius 2 is 2.44 bits per heavy atom. The molecule has 0 radical (unpaired) electrons. The average molecular weight is 220 g/mol. The normalized spacial score (nSPS) is 23.4. The number of carboxylic acids is 1. The summed E-state index contributed by atoms with van der Waals surface area (Å²) in [6.45, 7) is 0.867. The molecule has 86 valence electrons. The van der Waals surface area contributed by atoms with Gasteiger partial charge in [0, 0.05) is 30.9 Å². The van der Waals surface area contributed by atoms with Crippen molar-refractivity contribution >= 4 is 5.97 Å². The molecule has 1 aliphatic carbocycles. The summed E-state index contributed by atoms with van der Waals surface area (Å²) in [4.78, 5) is 17.1. The summed E-state index contributed by atoms with van der Waals surface area (Å²) in [6.07, 6.45) is 3.45. The predicted octanol–water partition coefficient (Wildman–Crippen LogP) is 1.03. The van der Waals surface area contributed by atoms with E-state index < -0.39 is 5.97 Å². The molecule has 0 saturated heterocycles. The van der Waals surface area contributed by atoms with Gasteiger partial charge in [-0.3, -0.25) is 9.78 Å². The molecule has 1 aromatic rings. The van der Waals surface area contributed by atoms with Crippen LogP contribution in [0, 0.1) is 5.92 Å². The zero-order valence-corrected chi connectivity index (χ0v) is 9.34. The Bertz CT molecular complexity index is 367. The number of carboxylic acid groups (broad SMARTS) is 1. The third-order valence-electron chi connectivity index (χ3n) is 3.09. The van der Waals surface area contributed by atoms with Crippen molar-refractivity contribution in [3.05, 3.63) is 30.1 Å². The van der Waals surface area contributed by atoms with Crippen LogP contribution in [0.1, 0.15) is 12.1 Å². The summed E-state index contributed by atoms with van der Waals surface area (Å²) in [6, 6.07) is 6.09. The summed E-state index contributed by atoms with van der Waals surface area (Å²) < 4.78 is 0. The van der Waals surface area contributed by atoms with E-state index in [4.69, 9.17) is 5.11 Å². The zero-order valence-electron chi connectivity index (χ0n) is 9.34. The van der Waals surface area contributed by atoms with Crippen molar-refractivity contribution in [1.29, 1.82) is 0 Å². The molecule has 0 aromatic carbocycles. The second kappa shape index (κ2) is 4.61. The van der Waals surface area contributed by atoms with Crippen LogP contribution < -0.4 is 0 Å². The van der Waals surface area contributed by atoms with Gasteiger partial charge in [-0.05, 0) is 25.6 Å². The van der Waals surface area contributed by atoms with E-state index in [1.165, 1.54) is 0 Å². The van der Waals surface area contributed by atoms with Gasteiger partial charge >= 0.3 is 5.97 Å². The molecule has 2 atom stereocenters. The van der Waals surface area contributed by atoms with Crippen molar-refractivity contribution in [1.82, 2.24) is 9.88 Å². The smallest absolute Gasteiger partial charge is 0.308 e. The van der Waals surface area contributed by atoms with Gasteiger partial charge in [0.05, 0.1) is 5.92 Å². The SMILES string of the molecule is CN(CCc1ccccn1)C1CC1C(=O)O. The molecule has 1 fully saturated rings. The molecule has 2 rings (SSSR count). The molecule has 1 aromatic heterocycles. The molecular weight excluding hydrogens is 204 g/mol. The van der Waals surface area contributed by atoms with Crippen molar-refractivity contribution in [2.45, 2.75) is 18.9 Å². The minimum atomic E-state index is -0.672.